The van der Waals surface area contributed by atoms with Crippen LogP contribution in [0.1, 0.15) is 37.1 Å². The molecule has 0 bridgehead atoms. The van der Waals surface area contributed by atoms with E-state index < -0.39 is 0 Å². The van der Waals surface area contributed by atoms with E-state index in [0.717, 1.165) is 0 Å². The third kappa shape index (κ3) is 2.96. The molecular formula is C19H20N2. The Morgan fingerprint density at radius 2 is 1.52 bits per heavy atom. The first kappa shape index (κ1) is 13.8. The first-order valence-electron chi connectivity index (χ1n) is 7.39. The van der Waals surface area contributed by atoms with Crippen LogP contribution in [0.2, 0.25) is 0 Å². The Bertz CT molecular complexity index is 716. The van der Waals surface area contributed by atoms with E-state index in [4.69, 9.17) is 0 Å². The van der Waals surface area contributed by atoms with Crippen molar-refractivity contribution in [3.8, 4) is 0 Å². The van der Waals surface area contributed by atoms with E-state index in [1.165, 1.54) is 21.9 Å². The van der Waals surface area contributed by atoms with E-state index in [0.29, 0.717) is 12.1 Å². The predicted molar refractivity (Wildman–Crippen MR) is 88.2 cm³/mol. The number of aromatic nitrogens is 1. The highest BCUT2D eigenvalue weighted by molar-refractivity contribution is 5.86. The van der Waals surface area contributed by atoms with Crippen molar-refractivity contribution < 1.29 is 0 Å². The Morgan fingerprint density at radius 3 is 2.33 bits per heavy atom. The van der Waals surface area contributed by atoms with Gasteiger partial charge in [-0.25, -0.2) is 0 Å². The molecule has 0 radical (unpaired) electrons. The summed E-state index contributed by atoms with van der Waals surface area (Å²) in [4.78, 5) is 4.08. The smallest absolute Gasteiger partial charge is 0.0303 e. The van der Waals surface area contributed by atoms with Crippen molar-refractivity contribution in [1.82, 2.24) is 10.3 Å². The Morgan fingerprint density at radius 1 is 0.810 bits per heavy atom. The van der Waals surface area contributed by atoms with Crippen LogP contribution in [0.25, 0.3) is 10.8 Å². The molecular weight excluding hydrogens is 256 g/mol. The quantitative estimate of drug-likeness (QED) is 0.750. The molecule has 3 aromatic rings. The third-order valence-electron chi connectivity index (χ3n) is 4.00. The minimum absolute atomic E-state index is 0.291. The average molecular weight is 276 g/mol. The lowest BCUT2D eigenvalue weighted by atomic mass is 9.98. The van der Waals surface area contributed by atoms with E-state index in [9.17, 15) is 0 Å². The first-order valence-corrected chi connectivity index (χ1v) is 7.39. The van der Waals surface area contributed by atoms with E-state index in [1.807, 2.05) is 12.4 Å². The van der Waals surface area contributed by atoms with Crippen molar-refractivity contribution >= 4 is 10.8 Å². The van der Waals surface area contributed by atoms with Crippen LogP contribution < -0.4 is 5.32 Å². The normalized spacial score (nSPS) is 14.0. The van der Waals surface area contributed by atoms with Crippen LogP contribution in [0.5, 0.6) is 0 Å². The highest BCUT2D eigenvalue weighted by Crippen LogP contribution is 2.26. The highest BCUT2D eigenvalue weighted by Gasteiger charge is 2.13. The maximum Gasteiger partial charge on any atom is 0.0303 e. The lowest BCUT2D eigenvalue weighted by Crippen LogP contribution is -2.22. The summed E-state index contributed by atoms with van der Waals surface area (Å²) in [6.45, 7) is 4.41. The van der Waals surface area contributed by atoms with Crippen LogP contribution in [0.3, 0.4) is 0 Å². The Hall–Kier alpha value is -2.19. The van der Waals surface area contributed by atoms with Crippen LogP contribution >= 0.6 is 0 Å². The Balaban J connectivity index is 1.86. The lowest BCUT2D eigenvalue weighted by molar-refractivity contribution is 0.496. The molecule has 0 aliphatic rings. The second-order valence-corrected chi connectivity index (χ2v) is 5.46. The summed E-state index contributed by atoms with van der Waals surface area (Å²) >= 11 is 0. The fraction of sp³-hybridized carbons (Fsp3) is 0.211. The Kier molecular flexibility index (Phi) is 3.98. The van der Waals surface area contributed by atoms with Gasteiger partial charge in [-0.1, -0.05) is 42.5 Å². The van der Waals surface area contributed by atoms with Gasteiger partial charge in [0.15, 0.2) is 0 Å². The molecule has 1 aromatic heterocycles. The zero-order valence-corrected chi connectivity index (χ0v) is 12.5. The zero-order valence-electron chi connectivity index (χ0n) is 12.5. The zero-order chi connectivity index (χ0) is 14.7. The minimum Gasteiger partial charge on any atom is -0.304 e. The van der Waals surface area contributed by atoms with Crippen molar-refractivity contribution in [2.75, 3.05) is 0 Å². The molecule has 0 aliphatic carbocycles. The molecule has 0 aliphatic heterocycles. The van der Waals surface area contributed by atoms with Crippen molar-refractivity contribution in [2.45, 2.75) is 25.9 Å². The number of fused-ring (bicyclic) bond motifs is 1. The van der Waals surface area contributed by atoms with Gasteiger partial charge in [0.1, 0.15) is 0 Å². The minimum atomic E-state index is 0.291. The molecule has 0 amide bonds. The number of nitrogens with zero attached hydrogens (tertiary/aromatic N) is 1. The molecule has 0 fully saturated rings. The molecule has 0 unspecified atom stereocenters. The fourth-order valence-corrected chi connectivity index (χ4v) is 2.84. The number of nitrogens with one attached hydrogen (secondary N) is 1. The van der Waals surface area contributed by atoms with Gasteiger partial charge in [-0.2, -0.15) is 0 Å². The number of hydrogen-bond donors (Lipinski definition) is 1. The standard InChI is InChI=1S/C19H20N2/c1-14(16-10-12-20-13-11-16)21-15(2)18-9-5-7-17-6-3-4-8-19(17)18/h3-15,21H,1-2H3/t14-,15+/m1/s1. The molecule has 2 nitrogen and oxygen atoms in total. The van der Waals surface area contributed by atoms with Gasteiger partial charge in [-0.3, -0.25) is 4.98 Å². The number of benzene rings is 2. The molecule has 2 aromatic carbocycles. The maximum absolute atomic E-state index is 4.08. The average Bonchev–Trinajstić information content (AvgIpc) is 2.55. The van der Waals surface area contributed by atoms with Gasteiger partial charge in [0.25, 0.3) is 0 Å². The van der Waals surface area contributed by atoms with Gasteiger partial charge in [0.2, 0.25) is 0 Å². The molecule has 0 saturated heterocycles. The summed E-state index contributed by atoms with van der Waals surface area (Å²) in [5, 5.41) is 6.29. The molecule has 0 spiro atoms. The summed E-state index contributed by atoms with van der Waals surface area (Å²) < 4.78 is 0. The van der Waals surface area contributed by atoms with Gasteiger partial charge in [0, 0.05) is 24.5 Å². The van der Waals surface area contributed by atoms with Crippen molar-refractivity contribution in [3.63, 3.8) is 0 Å². The highest BCUT2D eigenvalue weighted by atomic mass is 14.9. The summed E-state index contributed by atoms with van der Waals surface area (Å²) in [6.07, 6.45) is 3.69. The second-order valence-electron chi connectivity index (χ2n) is 5.46. The van der Waals surface area contributed by atoms with Crippen LogP contribution in [-0.4, -0.2) is 4.98 Å². The Labute approximate surface area is 125 Å². The van der Waals surface area contributed by atoms with E-state index in [1.54, 1.807) is 0 Å². The molecule has 3 rings (SSSR count). The molecule has 1 N–H and O–H groups in total. The first-order chi connectivity index (χ1) is 10.3. The molecule has 2 atom stereocenters. The summed E-state index contributed by atoms with van der Waals surface area (Å²) in [5.74, 6) is 0. The van der Waals surface area contributed by atoms with Gasteiger partial charge >= 0.3 is 0 Å². The molecule has 106 valence electrons. The van der Waals surface area contributed by atoms with Gasteiger partial charge in [0.05, 0.1) is 0 Å². The predicted octanol–water partition coefficient (Wildman–Crippen LogP) is 4.65. The topological polar surface area (TPSA) is 24.9 Å². The van der Waals surface area contributed by atoms with Crippen LogP contribution in [0.4, 0.5) is 0 Å². The van der Waals surface area contributed by atoms with Crippen molar-refractivity contribution in [3.05, 3.63) is 78.1 Å². The monoisotopic (exact) mass is 276 g/mol. The van der Waals surface area contributed by atoms with Crippen molar-refractivity contribution in [1.29, 1.82) is 0 Å². The molecule has 21 heavy (non-hydrogen) atoms. The largest absolute Gasteiger partial charge is 0.304 e. The lowest BCUT2D eigenvalue weighted by Gasteiger charge is -2.22. The summed E-state index contributed by atoms with van der Waals surface area (Å²) in [5.41, 5.74) is 2.60. The summed E-state index contributed by atoms with van der Waals surface area (Å²) in [7, 11) is 0. The van der Waals surface area contributed by atoms with Gasteiger partial charge in [-0.15, -0.1) is 0 Å². The van der Waals surface area contributed by atoms with Crippen molar-refractivity contribution in [2.24, 2.45) is 0 Å². The summed E-state index contributed by atoms with van der Waals surface area (Å²) in [6, 6.07) is 19.8. The molecule has 0 saturated carbocycles. The molecule has 1 heterocycles. The second kappa shape index (κ2) is 6.06. The number of pyridine rings is 1. The van der Waals surface area contributed by atoms with Crippen LogP contribution in [0, 0.1) is 0 Å². The van der Waals surface area contributed by atoms with E-state index >= 15 is 0 Å². The number of rotatable bonds is 4. The fourth-order valence-electron chi connectivity index (χ4n) is 2.84. The van der Waals surface area contributed by atoms with Gasteiger partial charge in [-0.05, 0) is 47.9 Å². The third-order valence-corrected chi connectivity index (χ3v) is 4.00. The van der Waals surface area contributed by atoms with Crippen LogP contribution in [-0.2, 0) is 0 Å². The van der Waals surface area contributed by atoms with E-state index in [2.05, 4.69) is 78.7 Å². The van der Waals surface area contributed by atoms with Gasteiger partial charge < -0.3 is 5.32 Å². The van der Waals surface area contributed by atoms with Crippen LogP contribution in [0.15, 0.2) is 67.0 Å². The molecule has 2 heteroatoms. The number of hydrogen-bond acceptors (Lipinski definition) is 2. The SMILES string of the molecule is C[C@H](N[C@H](C)c1ccncc1)c1cccc2ccccc12. The van der Waals surface area contributed by atoms with E-state index in [-0.39, 0.29) is 0 Å². The maximum atomic E-state index is 4.08.